The molecular weight excluding hydrogens is 185 g/mol. The topological polar surface area (TPSA) is 26.0 Å². The molecule has 0 unspecified atom stereocenters. The van der Waals surface area contributed by atoms with Crippen molar-refractivity contribution in [2.45, 2.75) is 0 Å². The van der Waals surface area contributed by atoms with Crippen molar-refractivity contribution < 1.29 is 4.39 Å². The fraction of sp³-hybridized carbons (Fsp3) is 0. The molecule has 0 bridgehead atoms. The maximum Gasteiger partial charge on any atom is 0.123 e. The van der Waals surface area contributed by atoms with Crippen molar-refractivity contribution >= 4 is 16.3 Å². The van der Waals surface area contributed by atoms with E-state index >= 15 is 0 Å². The number of benzene rings is 1. The quantitative estimate of drug-likeness (QED) is 0.739. The predicted octanol–water partition coefficient (Wildman–Crippen LogP) is 3.14. The number of anilines is 1. The Hall–Kier alpha value is -1.35. The lowest BCUT2D eigenvalue weighted by Crippen LogP contribution is -1.74. The number of hydrogen-bond acceptors (Lipinski definition) is 2. The Labute approximate surface area is 79.6 Å². The fourth-order valence-corrected chi connectivity index (χ4v) is 1.90. The number of nitrogen functional groups attached to an aromatic ring is 1. The average molecular weight is 193 g/mol. The summed E-state index contributed by atoms with van der Waals surface area (Å²) in [6.07, 6.45) is 0. The normalized spacial score (nSPS) is 10.2. The fourth-order valence-electron chi connectivity index (χ4n) is 1.12. The monoisotopic (exact) mass is 193 g/mol. The number of nitrogens with two attached hydrogens (primary N) is 1. The van der Waals surface area contributed by atoms with Crippen LogP contribution < -0.4 is 5.73 Å². The van der Waals surface area contributed by atoms with Gasteiger partial charge in [0.2, 0.25) is 0 Å². The minimum absolute atomic E-state index is 0.215. The summed E-state index contributed by atoms with van der Waals surface area (Å²) in [4.78, 5) is 1.07. The molecule has 0 fully saturated rings. The third kappa shape index (κ3) is 1.70. The van der Waals surface area contributed by atoms with E-state index in [0.29, 0.717) is 0 Å². The molecule has 1 nitrogen and oxygen atoms in total. The van der Waals surface area contributed by atoms with Crippen LogP contribution in [0.5, 0.6) is 0 Å². The molecule has 0 saturated carbocycles. The van der Waals surface area contributed by atoms with Crippen LogP contribution in [-0.2, 0) is 0 Å². The number of hydrogen-bond donors (Lipinski definition) is 1. The second-order valence-corrected chi connectivity index (χ2v) is 3.82. The van der Waals surface area contributed by atoms with Crippen LogP contribution in [0.3, 0.4) is 0 Å². The molecule has 0 spiro atoms. The van der Waals surface area contributed by atoms with Crippen LogP contribution >= 0.6 is 11.3 Å². The minimum Gasteiger partial charge on any atom is -0.391 e. The van der Waals surface area contributed by atoms with Crippen molar-refractivity contribution in [1.82, 2.24) is 0 Å². The molecule has 2 N–H and O–H groups in total. The summed E-state index contributed by atoms with van der Waals surface area (Å²) in [5, 5.41) is 0.777. The lowest BCUT2D eigenvalue weighted by atomic mass is 10.2. The van der Waals surface area contributed by atoms with Gasteiger partial charge in [-0.05, 0) is 29.8 Å². The van der Waals surface area contributed by atoms with Gasteiger partial charge in [-0.25, -0.2) is 4.39 Å². The molecule has 0 aliphatic heterocycles. The summed E-state index contributed by atoms with van der Waals surface area (Å²) >= 11 is 1.50. The Balaban J connectivity index is 2.41. The van der Waals surface area contributed by atoms with Crippen LogP contribution in [0.4, 0.5) is 9.39 Å². The summed E-state index contributed by atoms with van der Waals surface area (Å²) in [6.45, 7) is 0. The Morgan fingerprint density at radius 1 is 1.00 bits per heavy atom. The zero-order chi connectivity index (χ0) is 9.26. The van der Waals surface area contributed by atoms with E-state index in [-0.39, 0.29) is 5.82 Å². The third-order valence-electron chi connectivity index (χ3n) is 1.76. The van der Waals surface area contributed by atoms with Crippen LogP contribution in [0, 0.1) is 5.82 Å². The van der Waals surface area contributed by atoms with Crippen molar-refractivity contribution in [2.75, 3.05) is 5.73 Å². The lowest BCUT2D eigenvalue weighted by molar-refractivity contribution is 0.628. The number of rotatable bonds is 1. The van der Waals surface area contributed by atoms with Crippen molar-refractivity contribution in [3.63, 3.8) is 0 Å². The van der Waals surface area contributed by atoms with Crippen molar-refractivity contribution in [1.29, 1.82) is 0 Å². The molecule has 2 rings (SSSR count). The Bertz CT molecular complexity index is 405. The molecule has 0 amide bonds. The highest BCUT2D eigenvalue weighted by molar-refractivity contribution is 7.19. The van der Waals surface area contributed by atoms with E-state index in [9.17, 15) is 4.39 Å². The van der Waals surface area contributed by atoms with Gasteiger partial charge in [-0.3, -0.25) is 0 Å². The molecule has 1 aromatic heterocycles. The Morgan fingerprint density at radius 2 is 1.69 bits per heavy atom. The van der Waals surface area contributed by atoms with Crippen molar-refractivity contribution in [3.8, 4) is 10.4 Å². The summed E-state index contributed by atoms with van der Waals surface area (Å²) in [5.41, 5.74) is 6.59. The van der Waals surface area contributed by atoms with Crippen LogP contribution in [0.15, 0.2) is 36.4 Å². The lowest BCUT2D eigenvalue weighted by Gasteiger charge is -1.95. The summed E-state index contributed by atoms with van der Waals surface area (Å²) in [7, 11) is 0. The van der Waals surface area contributed by atoms with Gasteiger partial charge in [0.25, 0.3) is 0 Å². The highest BCUT2D eigenvalue weighted by Gasteiger charge is 2.00. The largest absolute Gasteiger partial charge is 0.391 e. The van der Waals surface area contributed by atoms with E-state index in [1.54, 1.807) is 12.1 Å². The molecule has 0 aliphatic carbocycles. The van der Waals surface area contributed by atoms with Gasteiger partial charge < -0.3 is 5.73 Å². The van der Waals surface area contributed by atoms with Crippen LogP contribution in [0.1, 0.15) is 0 Å². The maximum atomic E-state index is 12.6. The molecule has 66 valence electrons. The first-order chi connectivity index (χ1) is 6.25. The van der Waals surface area contributed by atoms with E-state index in [4.69, 9.17) is 5.73 Å². The zero-order valence-electron chi connectivity index (χ0n) is 6.83. The van der Waals surface area contributed by atoms with Gasteiger partial charge in [0.1, 0.15) is 5.82 Å². The smallest absolute Gasteiger partial charge is 0.123 e. The molecule has 0 atom stereocenters. The second kappa shape index (κ2) is 3.18. The molecule has 1 heterocycles. The van der Waals surface area contributed by atoms with E-state index < -0.39 is 0 Å². The second-order valence-electron chi connectivity index (χ2n) is 2.71. The summed E-state index contributed by atoms with van der Waals surface area (Å²) in [5.74, 6) is -0.215. The van der Waals surface area contributed by atoms with Gasteiger partial charge >= 0.3 is 0 Å². The zero-order valence-corrected chi connectivity index (χ0v) is 7.64. The van der Waals surface area contributed by atoms with Crippen LogP contribution in [0.25, 0.3) is 10.4 Å². The van der Waals surface area contributed by atoms with Gasteiger partial charge in [-0.1, -0.05) is 12.1 Å². The van der Waals surface area contributed by atoms with Crippen LogP contribution in [0.2, 0.25) is 0 Å². The highest BCUT2D eigenvalue weighted by Crippen LogP contribution is 2.29. The SMILES string of the molecule is Nc1ccc(-c2ccc(F)cc2)s1. The van der Waals surface area contributed by atoms with Crippen LogP contribution in [-0.4, -0.2) is 0 Å². The number of thiophene rings is 1. The standard InChI is InChI=1S/C10H8FNS/c11-8-3-1-7(2-4-8)9-5-6-10(12)13-9/h1-6H,12H2. The third-order valence-corrected chi connectivity index (χ3v) is 2.72. The number of halogens is 1. The van der Waals surface area contributed by atoms with E-state index in [1.165, 1.54) is 23.5 Å². The van der Waals surface area contributed by atoms with Crippen molar-refractivity contribution in [3.05, 3.63) is 42.2 Å². The molecule has 0 saturated heterocycles. The molecule has 3 heteroatoms. The molecule has 0 radical (unpaired) electrons. The minimum atomic E-state index is -0.215. The molecule has 2 aromatic rings. The summed E-state index contributed by atoms with van der Waals surface area (Å²) in [6, 6.07) is 10.2. The first-order valence-corrected chi connectivity index (χ1v) is 4.68. The van der Waals surface area contributed by atoms with E-state index in [0.717, 1.165) is 15.4 Å². The maximum absolute atomic E-state index is 12.6. The Kier molecular flexibility index (Phi) is 2.02. The molecular formula is C10H8FNS. The van der Waals surface area contributed by atoms with E-state index in [2.05, 4.69) is 0 Å². The van der Waals surface area contributed by atoms with Gasteiger partial charge in [-0.2, -0.15) is 0 Å². The summed E-state index contributed by atoms with van der Waals surface area (Å²) < 4.78 is 12.6. The van der Waals surface area contributed by atoms with Gasteiger partial charge in [0.05, 0.1) is 5.00 Å². The molecule has 1 aromatic carbocycles. The average Bonchev–Trinajstić information content (AvgIpc) is 2.53. The first kappa shape index (κ1) is 8.26. The highest BCUT2D eigenvalue weighted by atomic mass is 32.1. The molecule has 0 aliphatic rings. The first-order valence-electron chi connectivity index (χ1n) is 3.87. The Morgan fingerprint density at radius 3 is 2.23 bits per heavy atom. The van der Waals surface area contributed by atoms with Gasteiger partial charge in [0.15, 0.2) is 0 Å². The van der Waals surface area contributed by atoms with Gasteiger partial charge in [0, 0.05) is 4.88 Å². The predicted molar refractivity (Wildman–Crippen MR) is 54.1 cm³/mol. The van der Waals surface area contributed by atoms with Gasteiger partial charge in [-0.15, -0.1) is 11.3 Å². The van der Waals surface area contributed by atoms with Crippen molar-refractivity contribution in [2.24, 2.45) is 0 Å². The molecule has 13 heavy (non-hydrogen) atoms. The van der Waals surface area contributed by atoms with E-state index in [1.807, 2.05) is 12.1 Å².